The maximum absolute atomic E-state index is 13.1. The number of anilines is 1. The summed E-state index contributed by atoms with van der Waals surface area (Å²) in [7, 11) is 0. The third kappa shape index (κ3) is 4.64. The van der Waals surface area contributed by atoms with Crippen molar-refractivity contribution in [3.8, 4) is 0 Å². The fraction of sp³-hybridized carbons (Fsp3) is 0.400. The quantitative estimate of drug-likeness (QED) is 0.661. The van der Waals surface area contributed by atoms with Gasteiger partial charge in [0.05, 0.1) is 0 Å². The van der Waals surface area contributed by atoms with Crippen LogP contribution in [0.2, 0.25) is 0 Å². The van der Waals surface area contributed by atoms with Gasteiger partial charge in [0.15, 0.2) is 0 Å². The molecule has 2 fully saturated rings. The van der Waals surface area contributed by atoms with Crippen LogP contribution in [0, 0.1) is 19.8 Å². The second kappa shape index (κ2) is 9.24. The van der Waals surface area contributed by atoms with E-state index in [4.69, 9.17) is 0 Å². The number of amides is 5. The predicted octanol–water partition coefficient (Wildman–Crippen LogP) is 2.34. The highest BCUT2D eigenvalue weighted by Crippen LogP contribution is 2.29. The first-order valence-corrected chi connectivity index (χ1v) is 11.4. The van der Waals surface area contributed by atoms with Crippen molar-refractivity contribution in [3.05, 3.63) is 59.3 Å². The Bertz CT molecular complexity index is 1110. The highest BCUT2D eigenvalue weighted by molar-refractivity contribution is 6.09. The van der Waals surface area contributed by atoms with Crippen LogP contribution < -0.4 is 10.6 Å². The Hall–Kier alpha value is -3.75. The van der Waals surface area contributed by atoms with Gasteiger partial charge in [-0.25, -0.2) is 9.78 Å². The van der Waals surface area contributed by atoms with Gasteiger partial charge in [-0.3, -0.25) is 19.3 Å². The zero-order chi connectivity index (χ0) is 24.5. The number of piperidine rings is 1. The maximum Gasteiger partial charge on any atom is 0.325 e. The summed E-state index contributed by atoms with van der Waals surface area (Å²) in [6.07, 6.45) is 2.70. The van der Waals surface area contributed by atoms with Crippen LogP contribution in [0.1, 0.15) is 36.5 Å². The van der Waals surface area contributed by atoms with E-state index >= 15 is 0 Å². The number of likely N-dealkylation sites (tertiary alicyclic amines) is 1. The largest absolute Gasteiger partial charge is 0.341 e. The number of aromatic nitrogens is 1. The van der Waals surface area contributed by atoms with Crippen molar-refractivity contribution in [2.45, 2.75) is 39.2 Å². The molecule has 2 N–H and O–H groups in total. The first kappa shape index (κ1) is 23.4. The molecule has 2 aromatic rings. The molecular weight excluding hydrogens is 434 g/mol. The third-order valence-corrected chi connectivity index (χ3v) is 6.58. The number of hydrogen-bond donors (Lipinski definition) is 2. The molecule has 2 aliphatic heterocycles. The molecule has 3 heterocycles. The van der Waals surface area contributed by atoms with Crippen molar-refractivity contribution in [2.24, 2.45) is 5.92 Å². The van der Waals surface area contributed by atoms with E-state index < -0.39 is 17.5 Å². The minimum atomic E-state index is -1.21. The Labute approximate surface area is 198 Å². The number of pyridine rings is 1. The van der Waals surface area contributed by atoms with Crippen molar-refractivity contribution < 1.29 is 19.2 Å². The summed E-state index contributed by atoms with van der Waals surface area (Å²) < 4.78 is 0. The molecule has 34 heavy (non-hydrogen) atoms. The summed E-state index contributed by atoms with van der Waals surface area (Å²) in [5.41, 5.74) is 1.51. The summed E-state index contributed by atoms with van der Waals surface area (Å²) in [5.74, 6) is -0.602. The van der Waals surface area contributed by atoms with Gasteiger partial charge < -0.3 is 15.5 Å². The molecule has 5 amide bonds. The maximum atomic E-state index is 13.1. The first-order chi connectivity index (χ1) is 16.2. The second-order valence-electron chi connectivity index (χ2n) is 9.18. The monoisotopic (exact) mass is 463 g/mol. The average molecular weight is 464 g/mol. The summed E-state index contributed by atoms with van der Waals surface area (Å²) in [4.78, 5) is 57.9. The Balaban J connectivity index is 1.32. The number of urea groups is 1. The minimum absolute atomic E-state index is 0.119. The number of carbonyl (C=O) groups is 4. The van der Waals surface area contributed by atoms with E-state index in [1.807, 2.05) is 32.0 Å². The van der Waals surface area contributed by atoms with Gasteiger partial charge in [0.25, 0.3) is 5.91 Å². The van der Waals surface area contributed by atoms with E-state index in [9.17, 15) is 19.2 Å². The fourth-order valence-corrected chi connectivity index (χ4v) is 4.32. The van der Waals surface area contributed by atoms with E-state index in [-0.39, 0.29) is 24.3 Å². The lowest BCUT2D eigenvalue weighted by Gasteiger charge is -2.32. The molecule has 9 nitrogen and oxygen atoms in total. The van der Waals surface area contributed by atoms with E-state index in [0.29, 0.717) is 37.3 Å². The van der Waals surface area contributed by atoms with Gasteiger partial charge >= 0.3 is 6.03 Å². The van der Waals surface area contributed by atoms with Gasteiger partial charge in [0.2, 0.25) is 11.8 Å². The first-order valence-electron chi connectivity index (χ1n) is 11.4. The van der Waals surface area contributed by atoms with Gasteiger partial charge in [-0.05, 0) is 50.8 Å². The molecule has 2 saturated heterocycles. The molecule has 0 saturated carbocycles. The van der Waals surface area contributed by atoms with Crippen molar-refractivity contribution in [1.82, 2.24) is 20.1 Å². The number of aryl methyl sites for hydroxylation is 2. The molecule has 0 spiro atoms. The standard InChI is InChI=1S/C25H29N5O4/c1-16-4-7-19(8-5-16)25(3)23(33)30(24(34)28-25)15-21(31)29-12-10-18(11-13-29)22(32)27-20-9-6-17(2)14-26-20/h4-9,14,18H,10-13,15H2,1-3H3,(H,28,34)(H,26,27,32). The number of nitrogens with zero attached hydrogens (tertiary/aromatic N) is 3. The predicted molar refractivity (Wildman–Crippen MR) is 126 cm³/mol. The number of nitrogens with one attached hydrogen (secondary N) is 2. The molecule has 1 unspecified atom stereocenters. The van der Waals surface area contributed by atoms with Gasteiger partial charge in [0, 0.05) is 25.2 Å². The Morgan fingerprint density at radius 1 is 1.06 bits per heavy atom. The van der Waals surface area contributed by atoms with Crippen LogP contribution in [0.4, 0.5) is 10.6 Å². The van der Waals surface area contributed by atoms with E-state index in [1.54, 1.807) is 36.2 Å². The number of hydrogen-bond acceptors (Lipinski definition) is 5. The highest BCUT2D eigenvalue weighted by atomic mass is 16.2. The van der Waals surface area contributed by atoms with Crippen LogP contribution in [0.3, 0.4) is 0 Å². The number of rotatable bonds is 5. The molecule has 1 atom stereocenters. The topological polar surface area (TPSA) is 112 Å². The molecule has 178 valence electrons. The van der Waals surface area contributed by atoms with E-state index in [2.05, 4.69) is 15.6 Å². The lowest BCUT2D eigenvalue weighted by molar-refractivity contribution is -0.140. The fourth-order valence-electron chi connectivity index (χ4n) is 4.32. The highest BCUT2D eigenvalue weighted by Gasteiger charge is 2.49. The molecule has 0 aliphatic carbocycles. The van der Waals surface area contributed by atoms with Crippen molar-refractivity contribution in [2.75, 3.05) is 25.0 Å². The summed E-state index contributed by atoms with van der Waals surface area (Å²) >= 11 is 0. The van der Waals surface area contributed by atoms with Gasteiger partial charge in [-0.1, -0.05) is 35.9 Å². The Kier molecular flexibility index (Phi) is 6.37. The minimum Gasteiger partial charge on any atom is -0.341 e. The number of carbonyl (C=O) groups excluding carboxylic acids is 4. The number of imide groups is 1. The van der Waals surface area contributed by atoms with Crippen molar-refractivity contribution in [1.29, 1.82) is 0 Å². The van der Waals surface area contributed by atoms with Crippen LogP contribution in [0.25, 0.3) is 0 Å². The second-order valence-corrected chi connectivity index (χ2v) is 9.18. The smallest absolute Gasteiger partial charge is 0.325 e. The van der Waals surface area contributed by atoms with Crippen LogP contribution in [0.5, 0.6) is 0 Å². The SMILES string of the molecule is Cc1ccc(C2(C)NC(=O)N(CC(=O)N3CCC(C(=O)Nc4ccc(C)cn4)CC3)C2=O)cc1. The van der Waals surface area contributed by atoms with Crippen molar-refractivity contribution in [3.63, 3.8) is 0 Å². The van der Waals surface area contributed by atoms with Gasteiger partial charge in [-0.2, -0.15) is 0 Å². The molecule has 9 heteroatoms. The molecule has 0 radical (unpaired) electrons. The average Bonchev–Trinajstić information content (AvgIpc) is 3.04. The van der Waals surface area contributed by atoms with Crippen molar-refractivity contribution >= 4 is 29.6 Å². The Morgan fingerprint density at radius 2 is 1.71 bits per heavy atom. The third-order valence-electron chi connectivity index (χ3n) is 6.58. The zero-order valence-electron chi connectivity index (χ0n) is 19.6. The molecular formula is C25H29N5O4. The van der Waals surface area contributed by atoms with Crippen LogP contribution in [0.15, 0.2) is 42.6 Å². The van der Waals surface area contributed by atoms with Crippen LogP contribution in [-0.4, -0.2) is 58.2 Å². The Morgan fingerprint density at radius 3 is 2.32 bits per heavy atom. The lowest BCUT2D eigenvalue weighted by Crippen LogP contribution is -2.47. The van der Waals surface area contributed by atoms with Crippen LogP contribution in [-0.2, 0) is 19.9 Å². The molecule has 1 aromatic carbocycles. The van der Waals surface area contributed by atoms with E-state index in [1.165, 1.54) is 0 Å². The van der Waals surface area contributed by atoms with Crippen LogP contribution >= 0.6 is 0 Å². The summed E-state index contributed by atoms with van der Waals surface area (Å²) in [6.45, 7) is 5.96. The summed E-state index contributed by atoms with van der Waals surface area (Å²) in [6, 6.07) is 10.4. The summed E-state index contributed by atoms with van der Waals surface area (Å²) in [5, 5.41) is 5.55. The van der Waals surface area contributed by atoms with Gasteiger partial charge in [-0.15, -0.1) is 0 Å². The lowest BCUT2D eigenvalue weighted by atomic mass is 9.91. The van der Waals surface area contributed by atoms with Gasteiger partial charge in [0.1, 0.15) is 17.9 Å². The molecule has 1 aromatic heterocycles. The zero-order valence-corrected chi connectivity index (χ0v) is 19.6. The van der Waals surface area contributed by atoms with E-state index in [0.717, 1.165) is 16.0 Å². The normalized spacial score (nSPS) is 20.9. The molecule has 2 aliphatic rings. The molecule has 4 rings (SSSR count). The number of benzene rings is 1. The molecule has 0 bridgehead atoms.